The van der Waals surface area contributed by atoms with Gasteiger partial charge >= 0.3 is 0 Å². The average Bonchev–Trinajstić information content (AvgIpc) is 3.05. The third-order valence-electron chi connectivity index (χ3n) is 4.98. The standard InChI is InChI=1S/C18H27BrN2O.2ClH/c1-2-22-17-8-7-15(19)13-16(17)18(14-5-3-4-6-14)21-11-9-20-10-12-21;;/h7-8,13-14,18,20H,2-6,9-12H2,1H3;2*1H/t18-;;/m0../s1. The van der Waals surface area contributed by atoms with E-state index < -0.39 is 0 Å². The van der Waals surface area contributed by atoms with Gasteiger partial charge in [-0.25, -0.2) is 0 Å². The number of nitrogens with zero attached hydrogens (tertiary/aromatic N) is 1. The third kappa shape index (κ3) is 5.25. The maximum absolute atomic E-state index is 5.96. The highest BCUT2D eigenvalue weighted by Gasteiger charge is 2.33. The van der Waals surface area contributed by atoms with Crippen LogP contribution in [-0.4, -0.2) is 37.7 Å². The topological polar surface area (TPSA) is 24.5 Å². The molecule has 2 fully saturated rings. The Morgan fingerprint density at radius 3 is 2.50 bits per heavy atom. The highest BCUT2D eigenvalue weighted by atomic mass is 79.9. The SMILES string of the molecule is CCOc1ccc(Br)cc1[C@H](C1CCCC1)N1CCNCC1.Cl.Cl. The van der Waals surface area contributed by atoms with Crippen LogP contribution in [0.15, 0.2) is 22.7 Å². The van der Waals surface area contributed by atoms with Gasteiger partial charge in [-0.05, 0) is 43.9 Å². The summed E-state index contributed by atoms with van der Waals surface area (Å²) >= 11 is 3.66. The van der Waals surface area contributed by atoms with Crippen molar-refractivity contribution >= 4 is 40.7 Å². The summed E-state index contributed by atoms with van der Waals surface area (Å²) in [5.74, 6) is 1.84. The summed E-state index contributed by atoms with van der Waals surface area (Å²) in [5.41, 5.74) is 1.38. The van der Waals surface area contributed by atoms with E-state index in [-0.39, 0.29) is 24.8 Å². The molecule has 1 aliphatic carbocycles. The van der Waals surface area contributed by atoms with Crippen molar-refractivity contribution in [1.82, 2.24) is 10.2 Å². The fraction of sp³-hybridized carbons (Fsp3) is 0.667. The predicted molar refractivity (Wildman–Crippen MR) is 109 cm³/mol. The minimum Gasteiger partial charge on any atom is -0.494 e. The molecule has 1 N–H and O–H groups in total. The van der Waals surface area contributed by atoms with E-state index in [1.807, 2.05) is 0 Å². The van der Waals surface area contributed by atoms with Gasteiger partial charge in [0.1, 0.15) is 5.75 Å². The lowest BCUT2D eigenvalue weighted by Gasteiger charge is -2.39. The number of hydrogen-bond acceptors (Lipinski definition) is 3. The Labute approximate surface area is 166 Å². The zero-order valence-corrected chi connectivity index (χ0v) is 17.5. The molecule has 1 heterocycles. The molecule has 0 aromatic heterocycles. The van der Waals surface area contributed by atoms with Crippen LogP contribution in [0.25, 0.3) is 0 Å². The first-order valence-corrected chi connectivity index (χ1v) is 9.46. The molecule has 1 atom stereocenters. The Balaban J connectivity index is 0.00000144. The molecule has 1 saturated carbocycles. The van der Waals surface area contributed by atoms with Crippen molar-refractivity contribution in [2.75, 3.05) is 32.8 Å². The number of ether oxygens (including phenoxy) is 1. The number of piperazine rings is 1. The van der Waals surface area contributed by atoms with Crippen LogP contribution >= 0.6 is 40.7 Å². The maximum Gasteiger partial charge on any atom is 0.124 e. The molecule has 2 aliphatic rings. The average molecular weight is 440 g/mol. The van der Waals surface area contributed by atoms with Crippen LogP contribution in [0, 0.1) is 5.92 Å². The van der Waals surface area contributed by atoms with Gasteiger partial charge in [0, 0.05) is 42.3 Å². The smallest absolute Gasteiger partial charge is 0.124 e. The normalized spacial score (nSPS) is 20.1. The molecule has 0 spiro atoms. The van der Waals surface area contributed by atoms with Crippen molar-refractivity contribution in [2.45, 2.75) is 38.6 Å². The molecule has 0 unspecified atom stereocenters. The van der Waals surface area contributed by atoms with Crippen LogP contribution in [0.2, 0.25) is 0 Å². The van der Waals surface area contributed by atoms with E-state index in [1.165, 1.54) is 31.2 Å². The Hall–Kier alpha value is -0.000000000000000222. The Bertz CT molecular complexity index is 492. The first-order chi connectivity index (χ1) is 10.8. The largest absolute Gasteiger partial charge is 0.494 e. The molecule has 24 heavy (non-hydrogen) atoms. The molecule has 0 radical (unpaired) electrons. The van der Waals surface area contributed by atoms with Gasteiger partial charge in [0.05, 0.1) is 6.61 Å². The summed E-state index contributed by atoms with van der Waals surface area (Å²) in [7, 11) is 0. The second-order valence-electron chi connectivity index (χ2n) is 6.39. The fourth-order valence-electron chi connectivity index (χ4n) is 4.02. The lowest BCUT2D eigenvalue weighted by molar-refractivity contribution is 0.122. The third-order valence-corrected chi connectivity index (χ3v) is 5.47. The van der Waals surface area contributed by atoms with Gasteiger partial charge in [-0.3, -0.25) is 4.90 Å². The van der Waals surface area contributed by atoms with Gasteiger partial charge in [-0.2, -0.15) is 0 Å². The summed E-state index contributed by atoms with van der Waals surface area (Å²) < 4.78 is 7.12. The van der Waals surface area contributed by atoms with E-state index in [9.17, 15) is 0 Å². The Kier molecular flexibility index (Phi) is 9.98. The molecule has 0 amide bonds. The summed E-state index contributed by atoms with van der Waals surface area (Å²) in [4.78, 5) is 2.68. The van der Waals surface area contributed by atoms with Crippen LogP contribution in [0.4, 0.5) is 0 Å². The van der Waals surface area contributed by atoms with Crippen molar-refractivity contribution in [2.24, 2.45) is 5.92 Å². The van der Waals surface area contributed by atoms with Crippen LogP contribution in [-0.2, 0) is 0 Å². The summed E-state index contributed by atoms with van der Waals surface area (Å²) in [6, 6.07) is 7.02. The van der Waals surface area contributed by atoms with E-state index in [2.05, 4.69) is 51.3 Å². The molecule has 1 aromatic rings. The van der Waals surface area contributed by atoms with Gasteiger partial charge in [0.2, 0.25) is 0 Å². The van der Waals surface area contributed by atoms with E-state index in [4.69, 9.17) is 4.74 Å². The van der Waals surface area contributed by atoms with Crippen molar-refractivity contribution in [1.29, 1.82) is 0 Å². The highest BCUT2D eigenvalue weighted by molar-refractivity contribution is 9.10. The van der Waals surface area contributed by atoms with Gasteiger partial charge in [0.15, 0.2) is 0 Å². The molecule has 138 valence electrons. The molecule has 3 rings (SSSR count). The van der Waals surface area contributed by atoms with Crippen LogP contribution in [0.5, 0.6) is 5.75 Å². The molecular formula is C18H29BrCl2N2O. The highest BCUT2D eigenvalue weighted by Crippen LogP contribution is 2.43. The second kappa shape index (κ2) is 10.9. The minimum atomic E-state index is 0. The monoisotopic (exact) mass is 438 g/mol. The fourth-order valence-corrected chi connectivity index (χ4v) is 4.40. The van der Waals surface area contributed by atoms with E-state index in [0.29, 0.717) is 6.04 Å². The number of hydrogen-bond donors (Lipinski definition) is 1. The molecule has 1 saturated heterocycles. The second-order valence-corrected chi connectivity index (χ2v) is 7.31. The molecule has 3 nitrogen and oxygen atoms in total. The molecule has 1 aliphatic heterocycles. The first kappa shape index (κ1) is 22.0. The number of benzene rings is 1. The lowest BCUT2D eigenvalue weighted by atomic mass is 9.89. The van der Waals surface area contributed by atoms with Crippen molar-refractivity contribution in [3.63, 3.8) is 0 Å². The summed E-state index contributed by atoms with van der Waals surface area (Å²) in [6.45, 7) is 7.27. The van der Waals surface area contributed by atoms with Crippen LogP contribution in [0.1, 0.15) is 44.2 Å². The molecule has 6 heteroatoms. The van der Waals surface area contributed by atoms with Crippen molar-refractivity contribution < 1.29 is 4.74 Å². The molecular weight excluding hydrogens is 411 g/mol. The zero-order valence-electron chi connectivity index (χ0n) is 14.3. The lowest BCUT2D eigenvalue weighted by Crippen LogP contribution is -2.46. The van der Waals surface area contributed by atoms with Gasteiger partial charge < -0.3 is 10.1 Å². The molecule has 1 aromatic carbocycles. The maximum atomic E-state index is 5.96. The van der Waals surface area contributed by atoms with Gasteiger partial charge in [0.25, 0.3) is 0 Å². The quantitative estimate of drug-likeness (QED) is 0.710. The Morgan fingerprint density at radius 2 is 1.88 bits per heavy atom. The summed E-state index contributed by atoms with van der Waals surface area (Å²) in [5, 5.41) is 3.48. The summed E-state index contributed by atoms with van der Waals surface area (Å²) in [6.07, 6.45) is 5.47. The van der Waals surface area contributed by atoms with Crippen molar-refractivity contribution in [3.8, 4) is 5.75 Å². The number of rotatable bonds is 5. The van der Waals surface area contributed by atoms with Gasteiger partial charge in [-0.15, -0.1) is 24.8 Å². The number of nitrogens with one attached hydrogen (secondary N) is 1. The van der Waals surface area contributed by atoms with E-state index >= 15 is 0 Å². The zero-order chi connectivity index (χ0) is 15.4. The first-order valence-electron chi connectivity index (χ1n) is 8.66. The van der Waals surface area contributed by atoms with Crippen LogP contribution < -0.4 is 10.1 Å². The van der Waals surface area contributed by atoms with Gasteiger partial charge in [-0.1, -0.05) is 28.8 Å². The number of halogens is 3. The van der Waals surface area contributed by atoms with Crippen molar-refractivity contribution in [3.05, 3.63) is 28.2 Å². The van der Waals surface area contributed by atoms with E-state index in [0.717, 1.165) is 48.9 Å². The molecule has 0 bridgehead atoms. The minimum absolute atomic E-state index is 0. The van der Waals surface area contributed by atoms with Crippen LogP contribution in [0.3, 0.4) is 0 Å². The Morgan fingerprint density at radius 1 is 1.21 bits per heavy atom. The predicted octanol–water partition coefficient (Wildman–Crippen LogP) is 4.83. The van der Waals surface area contributed by atoms with E-state index in [1.54, 1.807) is 0 Å².